The van der Waals surface area contributed by atoms with Crippen LogP contribution in [0.1, 0.15) is 49.4 Å². The zero-order valence-electron chi connectivity index (χ0n) is 12.3. The highest BCUT2D eigenvalue weighted by atomic mass is 35.5. The molecule has 0 aliphatic heterocycles. The normalized spacial score (nSPS) is 14.8. The van der Waals surface area contributed by atoms with Crippen molar-refractivity contribution in [3.63, 3.8) is 0 Å². The van der Waals surface area contributed by atoms with Crippen LogP contribution in [0, 0.1) is 0 Å². The van der Waals surface area contributed by atoms with Crippen molar-refractivity contribution < 1.29 is 23.1 Å². The van der Waals surface area contributed by atoms with E-state index in [2.05, 4.69) is 15.3 Å². The van der Waals surface area contributed by atoms with Crippen LogP contribution in [0.5, 0.6) is 0 Å². The minimum absolute atomic E-state index is 0.0711. The van der Waals surface area contributed by atoms with Gasteiger partial charge in [0.05, 0.1) is 17.3 Å². The summed E-state index contributed by atoms with van der Waals surface area (Å²) >= 11 is 5.82. The van der Waals surface area contributed by atoms with Gasteiger partial charge in [-0.2, -0.15) is 13.2 Å². The second-order valence-corrected chi connectivity index (χ2v) is 5.46. The second kappa shape index (κ2) is 7.23. The Kier molecular flexibility index (Phi) is 6.13. The zero-order chi connectivity index (χ0) is 17.1. The molecule has 2 unspecified atom stereocenters. The predicted molar refractivity (Wildman–Crippen MR) is 74.7 cm³/mol. The number of aromatic nitrogens is 2. The van der Waals surface area contributed by atoms with Crippen molar-refractivity contribution in [3.05, 3.63) is 22.7 Å². The van der Waals surface area contributed by atoms with Crippen LogP contribution in [0.15, 0.2) is 6.20 Å². The Morgan fingerprint density at radius 3 is 2.50 bits per heavy atom. The van der Waals surface area contributed by atoms with Crippen LogP contribution >= 0.6 is 11.6 Å². The highest BCUT2D eigenvalue weighted by molar-refractivity contribution is 6.33. The summed E-state index contributed by atoms with van der Waals surface area (Å²) < 4.78 is 37.6. The molecule has 0 aliphatic rings. The van der Waals surface area contributed by atoms with E-state index in [1.165, 1.54) is 13.1 Å². The van der Waals surface area contributed by atoms with Gasteiger partial charge >= 0.3 is 6.18 Å². The first kappa shape index (κ1) is 18.6. The van der Waals surface area contributed by atoms with Gasteiger partial charge in [-0.05, 0) is 6.42 Å². The number of rotatable bonds is 5. The van der Waals surface area contributed by atoms with Crippen LogP contribution in [-0.4, -0.2) is 39.3 Å². The smallest absolute Gasteiger partial charge is 0.382 e. The lowest BCUT2D eigenvalue weighted by atomic mass is 10.1. The van der Waals surface area contributed by atoms with Gasteiger partial charge in [0.25, 0.3) is 5.91 Å². The van der Waals surface area contributed by atoms with Gasteiger partial charge in [0.2, 0.25) is 0 Å². The van der Waals surface area contributed by atoms with Gasteiger partial charge in [0.1, 0.15) is 11.5 Å². The molecule has 1 aromatic heterocycles. The van der Waals surface area contributed by atoms with Crippen molar-refractivity contribution in [1.29, 1.82) is 0 Å². The lowest BCUT2D eigenvalue weighted by Gasteiger charge is -2.24. The molecule has 2 N–H and O–H groups in total. The molecular formula is C13H17ClF3N3O2. The molecule has 0 radical (unpaired) electrons. The molecule has 1 rings (SSSR count). The molecule has 0 saturated carbocycles. The summed E-state index contributed by atoms with van der Waals surface area (Å²) in [5, 5.41) is 11.3. The predicted octanol–water partition coefficient (Wildman–Crippen LogP) is 2.69. The first-order valence-electron chi connectivity index (χ1n) is 6.66. The van der Waals surface area contributed by atoms with Crippen LogP contribution in [0.4, 0.5) is 13.2 Å². The van der Waals surface area contributed by atoms with Crippen molar-refractivity contribution in [1.82, 2.24) is 15.3 Å². The number of hydrogen-bond donors (Lipinski definition) is 2. The molecule has 124 valence electrons. The third-order valence-electron chi connectivity index (χ3n) is 2.97. The SMILES string of the molecule is CCC(NC(=O)c1nc(C(C)C)ncc1Cl)C(O)C(F)(F)F. The highest BCUT2D eigenvalue weighted by Gasteiger charge is 2.43. The van der Waals surface area contributed by atoms with Gasteiger partial charge in [0, 0.05) is 5.92 Å². The molecule has 0 aliphatic carbocycles. The topological polar surface area (TPSA) is 75.1 Å². The molecule has 5 nitrogen and oxygen atoms in total. The molecule has 22 heavy (non-hydrogen) atoms. The third-order valence-corrected chi connectivity index (χ3v) is 3.24. The lowest BCUT2D eigenvalue weighted by Crippen LogP contribution is -2.49. The molecule has 9 heteroatoms. The van der Waals surface area contributed by atoms with Crippen LogP contribution in [-0.2, 0) is 0 Å². The van der Waals surface area contributed by atoms with Crippen LogP contribution in [0.2, 0.25) is 5.02 Å². The molecule has 2 atom stereocenters. The van der Waals surface area contributed by atoms with Gasteiger partial charge in [0.15, 0.2) is 6.10 Å². The molecule has 1 amide bonds. The average molecular weight is 340 g/mol. The van der Waals surface area contributed by atoms with E-state index in [9.17, 15) is 23.1 Å². The molecule has 1 heterocycles. The Morgan fingerprint density at radius 2 is 2.05 bits per heavy atom. The first-order valence-corrected chi connectivity index (χ1v) is 7.03. The zero-order valence-corrected chi connectivity index (χ0v) is 13.0. The van der Waals surface area contributed by atoms with Crippen molar-refractivity contribution in [3.8, 4) is 0 Å². The second-order valence-electron chi connectivity index (χ2n) is 5.05. The number of halogens is 4. The largest absolute Gasteiger partial charge is 0.416 e. The van der Waals surface area contributed by atoms with Crippen molar-refractivity contribution in [2.45, 2.75) is 51.4 Å². The van der Waals surface area contributed by atoms with Gasteiger partial charge in [-0.25, -0.2) is 9.97 Å². The number of alkyl halides is 3. The number of carbonyl (C=O) groups excluding carboxylic acids is 1. The van der Waals surface area contributed by atoms with Gasteiger partial charge < -0.3 is 10.4 Å². The quantitative estimate of drug-likeness (QED) is 0.865. The van der Waals surface area contributed by atoms with E-state index in [-0.39, 0.29) is 23.1 Å². The Bertz CT molecular complexity index is 538. The number of nitrogens with one attached hydrogen (secondary N) is 1. The molecule has 0 saturated heterocycles. The van der Waals surface area contributed by atoms with Gasteiger partial charge in [-0.3, -0.25) is 4.79 Å². The van der Waals surface area contributed by atoms with Gasteiger partial charge in [-0.15, -0.1) is 0 Å². The molecule has 0 spiro atoms. The Morgan fingerprint density at radius 1 is 1.45 bits per heavy atom. The van der Waals surface area contributed by atoms with E-state index in [4.69, 9.17) is 11.6 Å². The average Bonchev–Trinajstić information content (AvgIpc) is 2.42. The van der Waals surface area contributed by atoms with E-state index in [1.807, 2.05) is 0 Å². The summed E-state index contributed by atoms with van der Waals surface area (Å²) in [7, 11) is 0. The summed E-state index contributed by atoms with van der Waals surface area (Å²) in [6, 6.07) is -1.49. The maximum Gasteiger partial charge on any atom is 0.416 e. The summed E-state index contributed by atoms with van der Waals surface area (Å²) in [4.78, 5) is 20.0. The number of aliphatic hydroxyl groups is 1. The van der Waals surface area contributed by atoms with Crippen molar-refractivity contribution in [2.24, 2.45) is 0 Å². The Balaban J connectivity index is 2.99. The van der Waals surface area contributed by atoms with Gasteiger partial charge in [-0.1, -0.05) is 32.4 Å². The van der Waals surface area contributed by atoms with E-state index in [0.29, 0.717) is 5.82 Å². The lowest BCUT2D eigenvalue weighted by molar-refractivity contribution is -0.211. The number of nitrogens with zero attached hydrogens (tertiary/aromatic N) is 2. The Labute approximate surface area is 130 Å². The number of carbonyl (C=O) groups is 1. The number of aliphatic hydroxyl groups excluding tert-OH is 1. The Hall–Kier alpha value is -1.41. The standard InChI is InChI=1S/C13H17ClF3N3O2/c1-4-8(10(21)13(15,16)17)19-12(22)9-7(14)5-18-11(20-9)6(2)3/h5-6,8,10,21H,4H2,1-3H3,(H,19,22). The maximum atomic E-state index is 12.5. The summed E-state index contributed by atoms with van der Waals surface area (Å²) in [6.45, 7) is 5.02. The monoisotopic (exact) mass is 339 g/mol. The number of amides is 1. The highest BCUT2D eigenvalue weighted by Crippen LogP contribution is 2.24. The summed E-state index contributed by atoms with van der Waals surface area (Å²) in [5.41, 5.74) is -0.215. The number of hydrogen-bond acceptors (Lipinski definition) is 4. The van der Waals surface area contributed by atoms with E-state index in [1.54, 1.807) is 13.8 Å². The van der Waals surface area contributed by atoms with Crippen molar-refractivity contribution in [2.75, 3.05) is 0 Å². The maximum absolute atomic E-state index is 12.5. The fourth-order valence-electron chi connectivity index (χ4n) is 1.69. The third kappa shape index (κ3) is 4.54. The molecule has 0 bridgehead atoms. The molecular weight excluding hydrogens is 323 g/mol. The van der Waals surface area contributed by atoms with Crippen LogP contribution in [0.3, 0.4) is 0 Å². The molecule has 0 fully saturated rings. The fraction of sp³-hybridized carbons (Fsp3) is 0.615. The first-order chi connectivity index (χ1) is 10.1. The summed E-state index contributed by atoms with van der Waals surface area (Å²) in [5.74, 6) is -0.616. The van der Waals surface area contributed by atoms with Crippen LogP contribution in [0.25, 0.3) is 0 Å². The van der Waals surface area contributed by atoms with E-state index < -0.39 is 24.2 Å². The fourth-order valence-corrected chi connectivity index (χ4v) is 1.86. The summed E-state index contributed by atoms with van der Waals surface area (Å²) in [6.07, 6.45) is -6.37. The molecule has 0 aromatic carbocycles. The van der Waals surface area contributed by atoms with E-state index >= 15 is 0 Å². The van der Waals surface area contributed by atoms with Crippen LogP contribution < -0.4 is 5.32 Å². The molecule has 1 aromatic rings. The van der Waals surface area contributed by atoms with E-state index in [0.717, 1.165) is 0 Å². The minimum Gasteiger partial charge on any atom is -0.382 e. The van der Waals surface area contributed by atoms with Crippen molar-refractivity contribution >= 4 is 17.5 Å². The minimum atomic E-state index is -4.83.